The number of para-hydroxylation sites is 1. The molecule has 0 unspecified atom stereocenters. The first-order valence-electron chi connectivity index (χ1n) is 10.7. The van der Waals surface area contributed by atoms with E-state index >= 15 is 0 Å². The molecule has 0 amide bonds. The second kappa shape index (κ2) is 9.15. The van der Waals surface area contributed by atoms with Gasteiger partial charge in [-0.05, 0) is 31.2 Å². The van der Waals surface area contributed by atoms with Gasteiger partial charge in [-0.1, -0.05) is 53.2 Å². The van der Waals surface area contributed by atoms with Crippen LogP contribution in [-0.2, 0) is 11.3 Å². The fourth-order valence-electron chi connectivity index (χ4n) is 3.86. The molecule has 1 aromatic heterocycles. The fourth-order valence-corrected chi connectivity index (χ4v) is 4.19. The zero-order valence-electron chi connectivity index (χ0n) is 18.4. The minimum Gasteiger partial charge on any atom is -0.493 e. The number of carbonyl (C=O) groups is 3. The molecule has 0 bridgehead atoms. The van der Waals surface area contributed by atoms with E-state index in [1.165, 1.54) is 12.1 Å². The molecule has 1 heterocycles. The van der Waals surface area contributed by atoms with Crippen molar-refractivity contribution in [2.75, 3.05) is 6.61 Å². The van der Waals surface area contributed by atoms with E-state index in [0.29, 0.717) is 23.5 Å². The van der Waals surface area contributed by atoms with Crippen molar-refractivity contribution in [2.24, 2.45) is 0 Å². The Hall–Kier alpha value is -4.30. The molecule has 1 aliphatic carbocycles. The summed E-state index contributed by atoms with van der Waals surface area (Å²) in [5.74, 6) is -0.608. The van der Waals surface area contributed by atoms with E-state index in [1.54, 1.807) is 36.4 Å². The molecule has 0 saturated carbocycles. The summed E-state index contributed by atoms with van der Waals surface area (Å²) in [6, 6.07) is 16.5. The predicted octanol–water partition coefficient (Wildman–Crippen LogP) is 4.92. The van der Waals surface area contributed by atoms with Gasteiger partial charge in [-0.2, -0.15) is 4.98 Å². The summed E-state index contributed by atoms with van der Waals surface area (Å²) >= 11 is 6.42. The van der Waals surface area contributed by atoms with Crippen LogP contribution in [0.15, 0.2) is 65.2 Å². The van der Waals surface area contributed by atoms with E-state index in [4.69, 9.17) is 25.6 Å². The molecule has 0 N–H and O–H groups in total. The Morgan fingerprint density at radius 2 is 1.60 bits per heavy atom. The summed E-state index contributed by atoms with van der Waals surface area (Å²) in [4.78, 5) is 42.8. The van der Waals surface area contributed by atoms with Gasteiger partial charge >= 0.3 is 5.97 Å². The van der Waals surface area contributed by atoms with Crippen LogP contribution in [0.2, 0.25) is 5.02 Å². The monoisotopic (exact) mass is 488 g/mol. The number of rotatable bonds is 6. The van der Waals surface area contributed by atoms with Crippen LogP contribution >= 0.6 is 11.6 Å². The van der Waals surface area contributed by atoms with Crippen molar-refractivity contribution in [3.05, 3.63) is 99.4 Å². The van der Waals surface area contributed by atoms with Crippen molar-refractivity contribution < 1.29 is 28.4 Å². The number of esters is 1. The minimum absolute atomic E-state index is 0.0163. The highest BCUT2D eigenvalue weighted by atomic mass is 35.5. The smallest absolute Gasteiger partial charge is 0.340 e. The highest BCUT2D eigenvalue weighted by Gasteiger charge is 2.33. The molecule has 0 fully saturated rings. The number of carbonyl (C=O) groups excluding carboxylic acids is 3. The first-order chi connectivity index (χ1) is 17.0. The third-order valence-electron chi connectivity index (χ3n) is 5.47. The zero-order chi connectivity index (χ0) is 24.5. The quantitative estimate of drug-likeness (QED) is 0.310. The van der Waals surface area contributed by atoms with Gasteiger partial charge < -0.3 is 14.0 Å². The van der Waals surface area contributed by atoms with Crippen molar-refractivity contribution in [3.63, 3.8) is 0 Å². The van der Waals surface area contributed by atoms with Crippen LogP contribution in [0, 0.1) is 0 Å². The van der Waals surface area contributed by atoms with E-state index in [0.717, 1.165) is 0 Å². The van der Waals surface area contributed by atoms with Gasteiger partial charge in [0.15, 0.2) is 18.2 Å². The number of aromatic nitrogens is 2. The predicted molar refractivity (Wildman–Crippen MR) is 125 cm³/mol. The standard InChI is InChI=1S/C26H17ClN2O6/c1-2-33-19-10-6-5-9-16(19)25-28-20(35-29-25)13-34-26(32)18-12-11-17-21(22(18)27)24(31)15-8-4-3-7-14(15)23(17)30/h3-12H,2,13H2,1H3. The number of hydrogen-bond donors (Lipinski definition) is 0. The van der Waals surface area contributed by atoms with Crippen molar-refractivity contribution in [3.8, 4) is 17.1 Å². The van der Waals surface area contributed by atoms with Crippen molar-refractivity contribution in [1.82, 2.24) is 10.1 Å². The number of hydrogen-bond acceptors (Lipinski definition) is 8. The van der Waals surface area contributed by atoms with Gasteiger partial charge in [-0.25, -0.2) is 4.79 Å². The second-order valence-electron chi connectivity index (χ2n) is 7.57. The number of nitrogens with zero attached hydrogens (tertiary/aromatic N) is 2. The molecule has 4 aromatic rings. The summed E-state index contributed by atoms with van der Waals surface area (Å²) in [7, 11) is 0. The Balaban J connectivity index is 1.36. The van der Waals surface area contributed by atoms with Gasteiger partial charge in [-0.15, -0.1) is 0 Å². The molecule has 3 aromatic carbocycles. The average Bonchev–Trinajstić information content (AvgIpc) is 3.35. The molecule has 9 heteroatoms. The Bertz CT molecular complexity index is 1490. The summed E-state index contributed by atoms with van der Waals surface area (Å²) in [5.41, 5.74) is 1.25. The zero-order valence-corrected chi connectivity index (χ0v) is 19.2. The van der Waals surface area contributed by atoms with Crippen LogP contribution in [0.3, 0.4) is 0 Å². The van der Waals surface area contributed by atoms with Crippen LogP contribution in [0.5, 0.6) is 5.75 Å². The van der Waals surface area contributed by atoms with Crippen LogP contribution in [0.1, 0.15) is 55.0 Å². The van der Waals surface area contributed by atoms with Crippen molar-refractivity contribution in [1.29, 1.82) is 0 Å². The minimum atomic E-state index is -0.800. The Morgan fingerprint density at radius 3 is 2.34 bits per heavy atom. The number of benzene rings is 3. The molecule has 8 nitrogen and oxygen atoms in total. The maximum Gasteiger partial charge on any atom is 0.340 e. The Morgan fingerprint density at radius 1 is 0.914 bits per heavy atom. The highest BCUT2D eigenvalue weighted by molar-refractivity contribution is 6.41. The van der Waals surface area contributed by atoms with Crippen LogP contribution in [0.4, 0.5) is 0 Å². The molecule has 5 rings (SSSR count). The van der Waals surface area contributed by atoms with Gasteiger partial charge in [0, 0.05) is 16.7 Å². The van der Waals surface area contributed by atoms with Crippen molar-refractivity contribution in [2.45, 2.75) is 13.5 Å². The molecule has 0 radical (unpaired) electrons. The summed E-state index contributed by atoms with van der Waals surface area (Å²) in [5, 5.41) is 3.79. The topological polar surface area (TPSA) is 109 Å². The molecule has 1 aliphatic rings. The van der Waals surface area contributed by atoms with Crippen LogP contribution in [0.25, 0.3) is 11.4 Å². The number of halogens is 1. The highest BCUT2D eigenvalue weighted by Crippen LogP contribution is 2.34. The molecule has 0 saturated heterocycles. The largest absolute Gasteiger partial charge is 0.493 e. The first-order valence-corrected chi connectivity index (χ1v) is 11.1. The van der Waals surface area contributed by atoms with Crippen molar-refractivity contribution >= 4 is 29.1 Å². The average molecular weight is 489 g/mol. The van der Waals surface area contributed by atoms with Gasteiger partial charge in [0.05, 0.1) is 28.3 Å². The molecular formula is C26H17ClN2O6. The Labute approximate surface area is 204 Å². The Kier molecular flexibility index (Phi) is 5.88. The lowest BCUT2D eigenvalue weighted by Crippen LogP contribution is -2.22. The maximum atomic E-state index is 13.0. The molecule has 0 atom stereocenters. The summed E-state index contributed by atoms with van der Waals surface area (Å²) in [6.45, 7) is 2.03. The fraction of sp³-hybridized carbons (Fsp3) is 0.115. The summed E-state index contributed by atoms with van der Waals surface area (Å²) < 4.78 is 16.1. The molecule has 0 aliphatic heterocycles. The van der Waals surface area contributed by atoms with Gasteiger partial charge in [0.1, 0.15) is 5.75 Å². The lowest BCUT2D eigenvalue weighted by Gasteiger charge is -2.19. The number of ketones is 2. The SMILES string of the molecule is CCOc1ccccc1-c1noc(COC(=O)c2ccc3c(c2Cl)C(=O)c2ccccc2C3=O)n1. The first kappa shape index (κ1) is 22.5. The number of fused-ring (bicyclic) bond motifs is 2. The van der Waals surface area contributed by atoms with E-state index in [1.807, 2.05) is 19.1 Å². The van der Waals surface area contributed by atoms with Gasteiger partial charge in [0.2, 0.25) is 5.82 Å². The third-order valence-corrected chi connectivity index (χ3v) is 5.87. The lowest BCUT2D eigenvalue weighted by molar-refractivity contribution is 0.0430. The van der Waals surface area contributed by atoms with E-state index in [9.17, 15) is 14.4 Å². The molecule has 0 spiro atoms. The summed E-state index contributed by atoms with van der Waals surface area (Å²) in [6.07, 6.45) is 0. The van der Waals surface area contributed by atoms with E-state index < -0.39 is 11.8 Å². The lowest BCUT2D eigenvalue weighted by atomic mass is 9.83. The van der Waals surface area contributed by atoms with E-state index in [2.05, 4.69) is 10.1 Å². The number of ether oxygens (including phenoxy) is 2. The second-order valence-corrected chi connectivity index (χ2v) is 7.95. The van der Waals surface area contributed by atoms with Crippen LogP contribution in [-0.4, -0.2) is 34.3 Å². The van der Waals surface area contributed by atoms with Crippen LogP contribution < -0.4 is 4.74 Å². The molecule has 35 heavy (non-hydrogen) atoms. The molecular weight excluding hydrogens is 472 g/mol. The molecule has 174 valence electrons. The van der Waals surface area contributed by atoms with E-state index in [-0.39, 0.29) is 51.4 Å². The third kappa shape index (κ3) is 3.98. The van der Waals surface area contributed by atoms with Gasteiger partial charge in [-0.3, -0.25) is 9.59 Å². The normalized spacial score (nSPS) is 12.2. The van der Waals surface area contributed by atoms with Gasteiger partial charge in [0.25, 0.3) is 5.89 Å². The maximum absolute atomic E-state index is 13.0.